The zero-order valence-corrected chi connectivity index (χ0v) is 27.5. The third kappa shape index (κ3) is 6.51. The lowest BCUT2D eigenvalue weighted by atomic mass is 9.60. The number of benzene rings is 2. The molecule has 8 nitrogen and oxygen atoms in total. The Labute approximate surface area is 272 Å². The van der Waals surface area contributed by atoms with E-state index in [4.69, 9.17) is 9.47 Å². The highest BCUT2D eigenvalue weighted by molar-refractivity contribution is 5.81. The molecule has 2 aliphatic heterocycles. The number of hydrogen-bond donors (Lipinski definition) is 1. The number of carbonyl (C=O) groups is 1. The van der Waals surface area contributed by atoms with Crippen LogP contribution < -0.4 is 14.4 Å². The number of hydrogen-bond acceptors (Lipinski definition) is 7. The van der Waals surface area contributed by atoms with Crippen molar-refractivity contribution in [3.8, 4) is 17.2 Å². The van der Waals surface area contributed by atoms with Crippen molar-refractivity contribution in [3.63, 3.8) is 0 Å². The van der Waals surface area contributed by atoms with Crippen LogP contribution in [0, 0.1) is 11.3 Å². The van der Waals surface area contributed by atoms with Gasteiger partial charge in [0.05, 0.1) is 18.9 Å². The molecule has 0 bridgehead atoms. The molecular formula is C38H47N5O3. The molecule has 0 atom stereocenters. The van der Waals surface area contributed by atoms with Crippen molar-refractivity contribution in [2.75, 3.05) is 51.3 Å². The van der Waals surface area contributed by atoms with Gasteiger partial charge >= 0.3 is 0 Å². The molecular weight excluding hydrogens is 574 g/mol. The molecule has 1 N–H and O–H groups in total. The van der Waals surface area contributed by atoms with Crippen LogP contribution in [0.3, 0.4) is 0 Å². The lowest BCUT2D eigenvalue weighted by molar-refractivity contribution is -0.0355. The first-order valence-corrected chi connectivity index (χ1v) is 17.0. The smallest absolute Gasteiger partial charge is 0.153 e. The molecule has 4 heterocycles. The van der Waals surface area contributed by atoms with Gasteiger partial charge in [0, 0.05) is 75.2 Å². The summed E-state index contributed by atoms with van der Waals surface area (Å²) in [4.78, 5) is 27.1. The Morgan fingerprint density at radius 3 is 2.52 bits per heavy atom. The van der Waals surface area contributed by atoms with Gasteiger partial charge in [-0.15, -0.1) is 0 Å². The molecule has 0 amide bonds. The molecule has 2 aromatic carbocycles. The van der Waals surface area contributed by atoms with E-state index in [-0.39, 0.29) is 0 Å². The molecule has 3 aliphatic rings. The van der Waals surface area contributed by atoms with Crippen LogP contribution in [0.2, 0.25) is 0 Å². The summed E-state index contributed by atoms with van der Waals surface area (Å²) < 4.78 is 11.9. The SMILES string of the molecule is COc1cc(CN2CCN(C3CC4(CCN(c5ccc(C=O)c(Oc6cnc7[nH]ccc7c6)c5)CC4)C3)CC2)ccc1CC(C)C. The summed E-state index contributed by atoms with van der Waals surface area (Å²) in [5.41, 5.74) is 5.62. The summed E-state index contributed by atoms with van der Waals surface area (Å²) in [6.07, 6.45) is 10.6. The summed E-state index contributed by atoms with van der Waals surface area (Å²) >= 11 is 0. The standard InChI is InChI=1S/C38H47N5O3/c1-27(2)18-29-5-4-28(19-35(29)45-3)25-41-14-16-43(17-15-41)33-22-38(23-33)9-12-42(13-10-38)32-7-6-31(26-44)36(21-32)46-34-20-30-8-11-39-37(30)40-24-34/h4-8,11,19-21,24,26-27,33H,9-10,12-18,22-23,25H2,1-3H3,(H,39,40). The first kappa shape index (κ1) is 30.8. The summed E-state index contributed by atoms with van der Waals surface area (Å²) in [6.45, 7) is 12.2. The highest BCUT2D eigenvalue weighted by atomic mass is 16.5. The molecule has 1 spiro atoms. The van der Waals surface area contributed by atoms with Crippen molar-refractivity contribution in [3.05, 3.63) is 77.6 Å². The van der Waals surface area contributed by atoms with Crippen molar-refractivity contribution < 1.29 is 14.3 Å². The second-order valence-electron chi connectivity index (χ2n) is 14.1. The van der Waals surface area contributed by atoms with Gasteiger partial charge in [-0.3, -0.25) is 14.6 Å². The zero-order chi connectivity index (χ0) is 31.7. The van der Waals surface area contributed by atoms with Gasteiger partial charge in [-0.2, -0.15) is 0 Å². The van der Waals surface area contributed by atoms with E-state index in [2.05, 4.69) is 62.8 Å². The number of fused-ring (bicyclic) bond motifs is 1. The number of aromatic amines is 1. The average molecular weight is 622 g/mol. The van der Waals surface area contributed by atoms with Crippen molar-refractivity contribution in [2.45, 2.75) is 58.5 Å². The van der Waals surface area contributed by atoms with E-state index in [0.29, 0.717) is 28.4 Å². The average Bonchev–Trinajstić information content (AvgIpc) is 3.53. The third-order valence-electron chi connectivity index (χ3n) is 10.6. The van der Waals surface area contributed by atoms with Crippen molar-refractivity contribution in [1.82, 2.24) is 19.8 Å². The number of aldehydes is 1. The topological polar surface area (TPSA) is 73.9 Å². The number of aromatic nitrogens is 2. The Hall–Kier alpha value is -3.88. The van der Waals surface area contributed by atoms with Gasteiger partial charge < -0.3 is 19.4 Å². The van der Waals surface area contributed by atoms with Crippen LogP contribution in [-0.4, -0.2) is 78.5 Å². The molecule has 46 heavy (non-hydrogen) atoms. The molecule has 7 rings (SSSR count). The molecule has 0 radical (unpaired) electrons. The molecule has 1 aliphatic carbocycles. The van der Waals surface area contributed by atoms with E-state index in [1.165, 1.54) is 36.8 Å². The second-order valence-corrected chi connectivity index (χ2v) is 14.1. The fraction of sp³-hybridized carbons (Fsp3) is 0.474. The Morgan fingerprint density at radius 2 is 1.78 bits per heavy atom. The fourth-order valence-corrected chi connectivity index (χ4v) is 7.89. The summed E-state index contributed by atoms with van der Waals surface area (Å²) in [5, 5.41) is 0.979. The van der Waals surface area contributed by atoms with E-state index in [0.717, 1.165) is 87.0 Å². The molecule has 2 saturated heterocycles. The number of rotatable bonds is 10. The van der Waals surface area contributed by atoms with Crippen molar-refractivity contribution in [2.24, 2.45) is 11.3 Å². The van der Waals surface area contributed by atoms with Gasteiger partial charge in [0.1, 0.15) is 22.9 Å². The normalized spacial score (nSPS) is 19.1. The second kappa shape index (κ2) is 13.1. The number of piperidine rings is 1. The van der Waals surface area contributed by atoms with Crippen LogP contribution >= 0.6 is 0 Å². The lowest BCUT2D eigenvalue weighted by Crippen LogP contribution is -2.59. The van der Waals surface area contributed by atoms with E-state index >= 15 is 0 Å². The zero-order valence-electron chi connectivity index (χ0n) is 27.5. The number of nitrogens with zero attached hydrogens (tertiary/aromatic N) is 4. The molecule has 0 unspecified atom stereocenters. The first-order valence-electron chi connectivity index (χ1n) is 17.0. The lowest BCUT2D eigenvalue weighted by Gasteiger charge is -2.56. The molecule has 8 heteroatoms. The molecule has 4 aromatic rings. The third-order valence-corrected chi connectivity index (χ3v) is 10.6. The predicted octanol–water partition coefficient (Wildman–Crippen LogP) is 6.94. The van der Waals surface area contributed by atoms with Gasteiger partial charge in [-0.25, -0.2) is 4.98 Å². The first-order chi connectivity index (χ1) is 22.4. The minimum absolute atomic E-state index is 0.478. The monoisotopic (exact) mass is 621 g/mol. The van der Waals surface area contributed by atoms with Crippen molar-refractivity contribution in [1.29, 1.82) is 0 Å². The summed E-state index contributed by atoms with van der Waals surface area (Å²) in [6, 6.07) is 17.4. The van der Waals surface area contributed by atoms with Gasteiger partial charge in [0.15, 0.2) is 6.29 Å². The summed E-state index contributed by atoms with van der Waals surface area (Å²) in [5.74, 6) is 2.86. The minimum atomic E-state index is 0.478. The Morgan fingerprint density at radius 1 is 0.978 bits per heavy atom. The van der Waals surface area contributed by atoms with Crippen LogP contribution in [0.25, 0.3) is 11.0 Å². The fourth-order valence-electron chi connectivity index (χ4n) is 7.89. The van der Waals surface area contributed by atoms with E-state index in [9.17, 15) is 4.79 Å². The number of piperazine rings is 1. The molecule has 3 fully saturated rings. The Kier molecular flexibility index (Phi) is 8.75. The number of H-pyrrole nitrogens is 1. The van der Waals surface area contributed by atoms with Gasteiger partial charge in [0.25, 0.3) is 0 Å². The largest absolute Gasteiger partial charge is 0.496 e. The maximum atomic E-state index is 11.8. The quantitative estimate of drug-likeness (QED) is 0.192. The molecule has 1 saturated carbocycles. The number of pyridine rings is 1. The van der Waals surface area contributed by atoms with Crippen LogP contribution in [0.1, 0.15) is 61.0 Å². The maximum absolute atomic E-state index is 11.8. The minimum Gasteiger partial charge on any atom is -0.496 e. The van der Waals surface area contributed by atoms with Crippen LogP contribution in [0.5, 0.6) is 17.2 Å². The Balaban J connectivity index is 0.893. The molecule has 2 aromatic heterocycles. The number of methoxy groups -OCH3 is 1. The van der Waals surface area contributed by atoms with Crippen LogP contribution in [-0.2, 0) is 13.0 Å². The highest BCUT2D eigenvalue weighted by Gasteiger charge is 2.48. The number of nitrogens with one attached hydrogen (secondary N) is 1. The van der Waals surface area contributed by atoms with Crippen LogP contribution in [0.4, 0.5) is 5.69 Å². The van der Waals surface area contributed by atoms with Gasteiger partial charge in [-0.1, -0.05) is 26.0 Å². The Bertz CT molecular complexity index is 1660. The number of anilines is 1. The van der Waals surface area contributed by atoms with Gasteiger partial charge in [-0.05, 0) is 84.9 Å². The van der Waals surface area contributed by atoms with E-state index < -0.39 is 0 Å². The molecule has 242 valence electrons. The van der Waals surface area contributed by atoms with Crippen LogP contribution in [0.15, 0.2) is 60.9 Å². The van der Waals surface area contributed by atoms with Gasteiger partial charge in [0.2, 0.25) is 0 Å². The van der Waals surface area contributed by atoms with E-state index in [1.54, 1.807) is 13.3 Å². The number of carbonyl (C=O) groups excluding carboxylic acids is 1. The predicted molar refractivity (Wildman–Crippen MR) is 183 cm³/mol. The highest BCUT2D eigenvalue weighted by Crippen LogP contribution is 2.51. The summed E-state index contributed by atoms with van der Waals surface area (Å²) in [7, 11) is 1.79. The van der Waals surface area contributed by atoms with Crippen molar-refractivity contribution >= 4 is 23.0 Å². The number of ether oxygens (including phenoxy) is 2. The van der Waals surface area contributed by atoms with E-state index in [1.807, 2.05) is 30.5 Å². The maximum Gasteiger partial charge on any atom is 0.153 e.